The first-order valence-corrected chi connectivity index (χ1v) is 18.5. The van der Waals surface area contributed by atoms with Gasteiger partial charge in [-0.15, -0.1) is 0 Å². The van der Waals surface area contributed by atoms with Crippen LogP contribution in [0, 0.1) is 0 Å². The van der Waals surface area contributed by atoms with Gasteiger partial charge in [0.15, 0.2) is 11.2 Å². The van der Waals surface area contributed by atoms with Crippen LogP contribution < -0.4 is 0 Å². The van der Waals surface area contributed by atoms with Crippen molar-refractivity contribution in [2.45, 2.75) is 0 Å². The molecular weight excluding hydrogens is 657 g/mol. The Kier molecular flexibility index (Phi) is 6.09. The summed E-state index contributed by atoms with van der Waals surface area (Å²) < 4.78 is 12.9. The van der Waals surface area contributed by atoms with Crippen LogP contribution in [-0.2, 0) is 0 Å². The van der Waals surface area contributed by atoms with Crippen LogP contribution in [0.1, 0.15) is 0 Å². The lowest BCUT2D eigenvalue weighted by molar-refractivity contribution is 0.633. The Labute approximate surface area is 310 Å². The Morgan fingerprint density at radius 2 is 0.722 bits per heavy atom. The SMILES string of the molecule is c1ccc2c(c1)cc(-c1ccc(-c3c4ccccc4c(-c4ccc5oc6c(ccc7c8ccccc8oc76)c5c4)c4ccccc34)cc1)c1ccccc12. The Morgan fingerprint density at radius 3 is 1.39 bits per heavy atom. The number of furan rings is 2. The van der Waals surface area contributed by atoms with Crippen molar-refractivity contribution in [3.05, 3.63) is 182 Å². The van der Waals surface area contributed by atoms with Crippen LogP contribution in [-0.4, -0.2) is 0 Å². The second-order valence-corrected chi connectivity index (χ2v) is 14.3. The van der Waals surface area contributed by atoms with Crippen LogP contribution in [0.5, 0.6) is 0 Å². The molecule has 0 radical (unpaired) electrons. The average Bonchev–Trinajstić information content (AvgIpc) is 3.81. The molecule has 2 nitrogen and oxygen atoms in total. The van der Waals surface area contributed by atoms with E-state index in [0.29, 0.717) is 0 Å². The first kappa shape index (κ1) is 29.4. The van der Waals surface area contributed by atoms with E-state index < -0.39 is 0 Å². The van der Waals surface area contributed by atoms with Gasteiger partial charge >= 0.3 is 0 Å². The van der Waals surface area contributed by atoms with E-state index in [4.69, 9.17) is 8.83 Å². The summed E-state index contributed by atoms with van der Waals surface area (Å²) in [5.41, 5.74) is 10.6. The molecule has 0 aliphatic rings. The van der Waals surface area contributed by atoms with Gasteiger partial charge in [-0.2, -0.15) is 0 Å². The van der Waals surface area contributed by atoms with Crippen molar-refractivity contribution >= 4 is 87.0 Å². The van der Waals surface area contributed by atoms with E-state index in [1.807, 2.05) is 12.1 Å². The highest BCUT2D eigenvalue weighted by molar-refractivity contribution is 6.23. The second-order valence-electron chi connectivity index (χ2n) is 14.3. The Hall–Kier alpha value is -7.16. The van der Waals surface area contributed by atoms with Gasteiger partial charge in [0.25, 0.3) is 0 Å². The Balaban J connectivity index is 1.05. The number of rotatable bonds is 3. The molecule has 0 aliphatic carbocycles. The van der Waals surface area contributed by atoms with Crippen molar-refractivity contribution in [3.63, 3.8) is 0 Å². The zero-order valence-electron chi connectivity index (χ0n) is 29.1. The van der Waals surface area contributed by atoms with Gasteiger partial charge < -0.3 is 8.83 Å². The molecule has 0 atom stereocenters. The normalized spacial score (nSPS) is 12.1. The van der Waals surface area contributed by atoms with Crippen molar-refractivity contribution in [3.8, 4) is 33.4 Å². The van der Waals surface area contributed by atoms with Crippen molar-refractivity contribution in [2.24, 2.45) is 0 Å². The van der Waals surface area contributed by atoms with E-state index in [0.717, 1.165) is 49.4 Å². The van der Waals surface area contributed by atoms with E-state index >= 15 is 0 Å². The van der Waals surface area contributed by atoms with Crippen LogP contribution in [0.2, 0.25) is 0 Å². The summed E-state index contributed by atoms with van der Waals surface area (Å²) in [6.45, 7) is 0. The Bertz CT molecular complexity index is 3430. The number of para-hydroxylation sites is 1. The highest BCUT2D eigenvalue weighted by atomic mass is 16.4. The summed E-state index contributed by atoms with van der Waals surface area (Å²) >= 11 is 0. The molecule has 0 N–H and O–H groups in total. The maximum absolute atomic E-state index is 6.53. The molecule has 0 bridgehead atoms. The van der Waals surface area contributed by atoms with Gasteiger partial charge in [-0.25, -0.2) is 0 Å². The second kappa shape index (κ2) is 11.2. The molecule has 0 saturated heterocycles. The van der Waals surface area contributed by atoms with E-state index in [-0.39, 0.29) is 0 Å². The molecule has 0 spiro atoms. The minimum atomic E-state index is 0.793. The fourth-order valence-electron chi connectivity index (χ4n) is 9.03. The van der Waals surface area contributed by atoms with Crippen LogP contribution in [0.4, 0.5) is 0 Å². The van der Waals surface area contributed by atoms with Crippen LogP contribution in [0.25, 0.3) is 120 Å². The summed E-state index contributed by atoms with van der Waals surface area (Å²) in [7, 11) is 0. The molecule has 12 aromatic rings. The minimum absolute atomic E-state index is 0.793. The van der Waals surface area contributed by atoms with Crippen LogP contribution >= 0.6 is 0 Å². The lowest BCUT2D eigenvalue weighted by atomic mass is 9.85. The number of hydrogen-bond donors (Lipinski definition) is 0. The third-order valence-electron chi connectivity index (χ3n) is 11.5. The molecule has 0 saturated carbocycles. The van der Waals surface area contributed by atoms with E-state index in [9.17, 15) is 0 Å². The monoisotopic (exact) mass is 686 g/mol. The minimum Gasteiger partial charge on any atom is -0.452 e. The quantitative estimate of drug-likeness (QED) is 0.137. The molecule has 0 unspecified atom stereocenters. The molecular formula is C52H30O2. The van der Waals surface area contributed by atoms with Gasteiger partial charge in [0, 0.05) is 21.5 Å². The molecule has 0 fully saturated rings. The third kappa shape index (κ3) is 4.17. The van der Waals surface area contributed by atoms with E-state index in [1.165, 1.54) is 70.9 Å². The maximum Gasteiger partial charge on any atom is 0.178 e. The summed E-state index contributed by atoms with van der Waals surface area (Å²) in [5.74, 6) is 0. The van der Waals surface area contributed by atoms with Gasteiger partial charge in [-0.1, -0.05) is 146 Å². The van der Waals surface area contributed by atoms with Crippen LogP contribution in [0.3, 0.4) is 0 Å². The predicted octanol–water partition coefficient (Wildman–Crippen LogP) is 15.1. The zero-order valence-corrected chi connectivity index (χ0v) is 29.1. The fraction of sp³-hybridized carbons (Fsp3) is 0. The first-order chi connectivity index (χ1) is 26.8. The summed E-state index contributed by atoms with van der Waals surface area (Å²) in [6, 6.07) is 65.8. The number of benzene rings is 10. The van der Waals surface area contributed by atoms with Crippen molar-refractivity contribution < 1.29 is 8.83 Å². The highest BCUT2D eigenvalue weighted by Gasteiger charge is 2.20. The molecule has 12 rings (SSSR count). The molecule has 2 heteroatoms. The largest absolute Gasteiger partial charge is 0.452 e. The smallest absolute Gasteiger partial charge is 0.178 e. The van der Waals surface area contributed by atoms with Crippen molar-refractivity contribution in [1.29, 1.82) is 0 Å². The van der Waals surface area contributed by atoms with Gasteiger partial charge in [0.05, 0.1) is 0 Å². The lowest BCUT2D eigenvalue weighted by Crippen LogP contribution is -1.91. The molecule has 2 aromatic heterocycles. The predicted molar refractivity (Wildman–Crippen MR) is 227 cm³/mol. The van der Waals surface area contributed by atoms with Crippen molar-refractivity contribution in [2.75, 3.05) is 0 Å². The van der Waals surface area contributed by atoms with Gasteiger partial charge in [0.2, 0.25) is 0 Å². The zero-order chi connectivity index (χ0) is 35.3. The molecule has 54 heavy (non-hydrogen) atoms. The first-order valence-electron chi connectivity index (χ1n) is 18.5. The van der Waals surface area contributed by atoms with E-state index in [2.05, 4.69) is 170 Å². The molecule has 2 heterocycles. The molecule has 250 valence electrons. The summed E-state index contributed by atoms with van der Waals surface area (Å²) in [6.07, 6.45) is 0. The standard InChI is InChI=1S/C52H30O2/c1-2-12-35-33(11-1)29-45(37-14-4-3-13-36(35)37)31-21-23-32(24-22-31)49-39-16-5-7-18-41(39)50(42-19-8-6-17-40(42)49)34-25-28-48-46(30-34)44-27-26-43-38-15-9-10-20-47(38)53-51(43)52(44)54-48/h1-30H. The number of fused-ring (bicyclic) bond motifs is 12. The van der Waals surface area contributed by atoms with E-state index in [1.54, 1.807) is 0 Å². The molecule has 0 amide bonds. The third-order valence-corrected chi connectivity index (χ3v) is 11.5. The number of hydrogen-bond acceptors (Lipinski definition) is 2. The maximum atomic E-state index is 6.53. The molecule has 0 aliphatic heterocycles. The summed E-state index contributed by atoms with van der Waals surface area (Å²) in [4.78, 5) is 0. The van der Waals surface area contributed by atoms with Gasteiger partial charge in [-0.3, -0.25) is 0 Å². The topological polar surface area (TPSA) is 26.3 Å². The lowest BCUT2D eigenvalue weighted by Gasteiger charge is -2.18. The highest BCUT2D eigenvalue weighted by Crippen LogP contribution is 2.46. The van der Waals surface area contributed by atoms with Gasteiger partial charge in [0.1, 0.15) is 11.2 Å². The fourth-order valence-corrected chi connectivity index (χ4v) is 9.03. The van der Waals surface area contributed by atoms with Crippen LogP contribution in [0.15, 0.2) is 191 Å². The molecule has 10 aromatic carbocycles. The summed E-state index contributed by atoms with van der Waals surface area (Å²) in [5, 5.41) is 14.3. The average molecular weight is 687 g/mol. The Morgan fingerprint density at radius 1 is 0.259 bits per heavy atom. The van der Waals surface area contributed by atoms with Crippen molar-refractivity contribution in [1.82, 2.24) is 0 Å². The van der Waals surface area contributed by atoms with Gasteiger partial charge in [-0.05, 0) is 113 Å².